The number of rotatable bonds is 5. The highest BCUT2D eigenvalue weighted by molar-refractivity contribution is 6.32. The van der Waals surface area contributed by atoms with Crippen LogP contribution in [0.25, 0.3) is 0 Å². The maximum Gasteiger partial charge on any atom is 0.306 e. The van der Waals surface area contributed by atoms with Gasteiger partial charge in [-0.3, -0.25) is 14.1 Å². The fourth-order valence-corrected chi connectivity index (χ4v) is 2.44. The number of hydrogen-bond donors (Lipinski definition) is 1. The number of alkyl halides is 1. The Morgan fingerprint density at radius 1 is 1.30 bits per heavy atom. The van der Waals surface area contributed by atoms with Crippen LogP contribution in [0.4, 0.5) is 4.39 Å². The van der Waals surface area contributed by atoms with E-state index in [1.807, 2.05) is 32.0 Å². The summed E-state index contributed by atoms with van der Waals surface area (Å²) < 4.78 is 15.1. The average Bonchev–Trinajstić information content (AvgIpc) is 2.60. The molecule has 0 aliphatic carbocycles. The highest BCUT2D eigenvalue weighted by atomic mass is 35.5. The maximum absolute atomic E-state index is 10.8. The number of halogens is 2. The number of ether oxygens (including phenoxy) is 1. The van der Waals surface area contributed by atoms with Gasteiger partial charge in [-0.05, 0) is 38.1 Å². The molecule has 1 aliphatic rings. The number of para-hydroxylation sites is 1. The number of piperidine rings is 1. The lowest BCUT2D eigenvalue weighted by Crippen LogP contribution is -2.38. The Morgan fingerprint density at radius 2 is 1.87 bits per heavy atom. The minimum absolute atomic E-state index is 0.180. The summed E-state index contributed by atoms with van der Waals surface area (Å²) in [6.07, 6.45) is 1.45. The van der Waals surface area contributed by atoms with E-state index in [-0.39, 0.29) is 5.92 Å². The molecule has 6 heteroatoms. The molecule has 1 fully saturated rings. The van der Waals surface area contributed by atoms with E-state index in [9.17, 15) is 9.18 Å². The molecule has 1 aromatic rings. The van der Waals surface area contributed by atoms with Crippen LogP contribution in [0.2, 0.25) is 5.02 Å². The quantitative estimate of drug-likeness (QED) is 0.870. The standard InChI is InChI=1S/C14H18ClNO3.C2H6.CH3F/c15-12-3-1-2-4-13(12)19-10-9-16-7-5-11(6-8-16)14(17)18;2*1-2/h1-4,11H,5-10H2,(H,17,18);1-2H3;1H3. The first-order valence-corrected chi connectivity index (χ1v) is 8.25. The molecule has 132 valence electrons. The summed E-state index contributed by atoms with van der Waals surface area (Å²) in [5.41, 5.74) is 0. The zero-order chi connectivity index (χ0) is 17.7. The van der Waals surface area contributed by atoms with Gasteiger partial charge in [-0.25, -0.2) is 0 Å². The van der Waals surface area contributed by atoms with Crippen LogP contribution >= 0.6 is 11.6 Å². The van der Waals surface area contributed by atoms with Gasteiger partial charge in [-0.2, -0.15) is 0 Å². The molecule has 1 aromatic carbocycles. The van der Waals surface area contributed by atoms with Gasteiger partial charge in [0.05, 0.1) is 18.1 Å². The van der Waals surface area contributed by atoms with Crippen LogP contribution in [-0.2, 0) is 4.79 Å². The summed E-state index contributed by atoms with van der Waals surface area (Å²) in [4.78, 5) is 13.1. The first-order chi connectivity index (χ1) is 11.2. The van der Waals surface area contributed by atoms with Gasteiger partial charge >= 0.3 is 5.97 Å². The molecule has 0 aromatic heterocycles. The molecule has 0 unspecified atom stereocenters. The van der Waals surface area contributed by atoms with Crippen molar-refractivity contribution in [3.05, 3.63) is 29.3 Å². The van der Waals surface area contributed by atoms with E-state index in [2.05, 4.69) is 4.90 Å². The molecule has 0 amide bonds. The number of carbonyl (C=O) groups is 1. The monoisotopic (exact) mass is 347 g/mol. The van der Waals surface area contributed by atoms with E-state index >= 15 is 0 Å². The third kappa shape index (κ3) is 8.18. The van der Waals surface area contributed by atoms with Crippen molar-refractivity contribution in [3.8, 4) is 5.75 Å². The zero-order valence-electron chi connectivity index (χ0n) is 14.1. The minimum Gasteiger partial charge on any atom is -0.491 e. The van der Waals surface area contributed by atoms with E-state index in [0.29, 0.717) is 24.6 Å². The average molecular weight is 348 g/mol. The molecule has 0 saturated carbocycles. The van der Waals surface area contributed by atoms with Crippen LogP contribution in [-0.4, -0.2) is 49.4 Å². The largest absolute Gasteiger partial charge is 0.491 e. The van der Waals surface area contributed by atoms with Crippen molar-refractivity contribution in [2.24, 2.45) is 5.92 Å². The first kappa shape index (κ1) is 21.7. The Bertz CT molecular complexity index is 438. The molecule has 0 spiro atoms. The molecule has 23 heavy (non-hydrogen) atoms. The number of aliphatic carboxylic acids is 1. The minimum atomic E-state index is -0.674. The lowest BCUT2D eigenvalue weighted by atomic mass is 9.97. The molecule has 1 saturated heterocycles. The summed E-state index contributed by atoms with van der Waals surface area (Å²) in [6.45, 7) is 7.02. The summed E-state index contributed by atoms with van der Waals surface area (Å²) in [7, 11) is 0.500. The van der Waals surface area contributed by atoms with E-state index in [1.165, 1.54) is 0 Å². The van der Waals surface area contributed by atoms with Crippen molar-refractivity contribution in [3.63, 3.8) is 0 Å². The number of carboxylic acid groups (broad SMARTS) is 1. The molecular weight excluding hydrogens is 321 g/mol. The van der Waals surface area contributed by atoms with Crippen LogP contribution in [0, 0.1) is 5.92 Å². The fourth-order valence-electron chi connectivity index (χ4n) is 2.25. The van der Waals surface area contributed by atoms with Gasteiger partial charge in [-0.15, -0.1) is 0 Å². The number of hydrogen-bond acceptors (Lipinski definition) is 3. The third-order valence-electron chi connectivity index (χ3n) is 3.44. The van der Waals surface area contributed by atoms with Crippen molar-refractivity contribution in [1.82, 2.24) is 4.90 Å². The van der Waals surface area contributed by atoms with Gasteiger partial charge in [0.2, 0.25) is 0 Å². The molecule has 2 rings (SSSR count). The Balaban J connectivity index is 0.00000112. The number of likely N-dealkylation sites (tertiary alicyclic amines) is 1. The van der Waals surface area contributed by atoms with Crippen molar-refractivity contribution < 1.29 is 19.0 Å². The van der Waals surface area contributed by atoms with Crippen LogP contribution in [0.1, 0.15) is 26.7 Å². The Kier molecular flexibility index (Phi) is 12.4. The summed E-state index contributed by atoms with van der Waals surface area (Å²) in [5.74, 6) is -0.155. The second-order valence-electron chi connectivity index (χ2n) is 4.73. The second-order valence-corrected chi connectivity index (χ2v) is 5.14. The van der Waals surface area contributed by atoms with Gasteiger partial charge < -0.3 is 9.84 Å². The Labute approximate surface area is 143 Å². The molecule has 1 N–H and O–H groups in total. The Hall–Kier alpha value is -1.33. The van der Waals surface area contributed by atoms with Crippen LogP contribution in [0.15, 0.2) is 24.3 Å². The first-order valence-electron chi connectivity index (χ1n) is 7.87. The molecule has 0 atom stereocenters. The normalized spacial score (nSPS) is 14.8. The highest BCUT2D eigenvalue weighted by Crippen LogP contribution is 2.23. The molecule has 0 radical (unpaired) electrons. The number of benzene rings is 1. The maximum atomic E-state index is 10.8. The predicted molar refractivity (Wildman–Crippen MR) is 92.1 cm³/mol. The highest BCUT2D eigenvalue weighted by Gasteiger charge is 2.24. The molecule has 4 nitrogen and oxygen atoms in total. The van der Waals surface area contributed by atoms with Crippen molar-refractivity contribution in [2.75, 3.05) is 33.4 Å². The molecule has 1 aliphatic heterocycles. The van der Waals surface area contributed by atoms with Gasteiger partial charge in [0.25, 0.3) is 0 Å². The van der Waals surface area contributed by atoms with Crippen LogP contribution < -0.4 is 4.74 Å². The zero-order valence-corrected chi connectivity index (χ0v) is 14.9. The molecular formula is C17H27ClFNO3. The van der Waals surface area contributed by atoms with E-state index in [4.69, 9.17) is 21.4 Å². The lowest BCUT2D eigenvalue weighted by molar-refractivity contribution is -0.143. The fraction of sp³-hybridized carbons (Fsp3) is 0.588. The Morgan fingerprint density at radius 3 is 2.39 bits per heavy atom. The van der Waals surface area contributed by atoms with Crippen molar-refractivity contribution >= 4 is 17.6 Å². The van der Waals surface area contributed by atoms with Gasteiger partial charge in [0.1, 0.15) is 12.4 Å². The third-order valence-corrected chi connectivity index (χ3v) is 3.75. The summed E-state index contributed by atoms with van der Waals surface area (Å²) in [6, 6.07) is 7.40. The number of nitrogens with zero attached hydrogens (tertiary/aromatic N) is 1. The van der Waals surface area contributed by atoms with E-state index in [0.717, 1.165) is 32.5 Å². The molecule has 0 bridgehead atoms. The second kappa shape index (κ2) is 13.1. The van der Waals surface area contributed by atoms with Gasteiger partial charge in [0.15, 0.2) is 0 Å². The van der Waals surface area contributed by atoms with E-state index in [1.54, 1.807) is 6.07 Å². The topological polar surface area (TPSA) is 49.8 Å². The van der Waals surface area contributed by atoms with Gasteiger partial charge in [-0.1, -0.05) is 37.6 Å². The summed E-state index contributed by atoms with van der Waals surface area (Å²) >= 11 is 6.00. The smallest absolute Gasteiger partial charge is 0.306 e. The summed E-state index contributed by atoms with van der Waals surface area (Å²) in [5, 5.41) is 9.54. The van der Waals surface area contributed by atoms with Crippen molar-refractivity contribution in [2.45, 2.75) is 26.7 Å². The van der Waals surface area contributed by atoms with Crippen molar-refractivity contribution in [1.29, 1.82) is 0 Å². The van der Waals surface area contributed by atoms with Crippen LogP contribution in [0.3, 0.4) is 0 Å². The number of carboxylic acids is 1. The van der Waals surface area contributed by atoms with Crippen LogP contribution in [0.5, 0.6) is 5.75 Å². The SMILES string of the molecule is CC.CF.O=C(O)C1CCN(CCOc2ccccc2Cl)CC1. The van der Waals surface area contributed by atoms with Gasteiger partial charge in [0, 0.05) is 6.54 Å². The van der Waals surface area contributed by atoms with E-state index < -0.39 is 5.97 Å². The molecule has 1 heterocycles. The lowest BCUT2D eigenvalue weighted by Gasteiger charge is -2.29. The predicted octanol–water partition coefficient (Wildman–Crippen LogP) is 4.13.